The number of nitrogens with one attached hydrogen (secondary N) is 1. The standard InChI is InChI=1S/C27H33Cl2F3N4O6S/c1-5-43(39,40)36(13-16-7-6-8-17(28)11-16)24(37)19-12-21(41-27(30,31)32)20(22(29)23(19)33)15-35-10-9-18(14-35)34-25(38)42-26(2,3)4/h6-8,11-12,18H,5,9-10,13-15,33H2,1-4H3,(H,34,38). The predicted octanol–water partition coefficient (Wildman–Crippen LogP) is 5.57. The SMILES string of the molecule is CCS(=O)(=O)N(Cc1cccc(Cl)c1)C(=O)c1cc(OC(F)(F)F)c(CN2CCC(NC(=O)OC(C)(C)C)C2)c(Cl)c1N. The minimum absolute atomic E-state index is 0.161. The second kappa shape index (κ2) is 13.4. The summed E-state index contributed by atoms with van der Waals surface area (Å²) >= 11 is 12.5. The Bertz CT molecular complexity index is 1470. The van der Waals surface area contributed by atoms with Crippen molar-refractivity contribution >= 4 is 50.9 Å². The molecule has 1 unspecified atom stereocenters. The highest BCUT2D eigenvalue weighted by Crippen LogP contribution is 2.39. The van der Waals surface area contributed by atoms with Crippen LogP contribution in [0.4, 0.5) is 23.7 Å². The van der Waals surface area contributed by atoms with Gasteiger partial charge in [0.05, 0.1) is 28.6 Å². The first-order valence-electron chi connectivity index (χ1n) is 13.2. The van der Waals surface area contributed by atoms with Gasteiger partial charge in [-0.25, -0.2) is 17.5 Å². The maximum atomic E-state index is 13.6. The molecule has 0 radical (unpaired) electrons. The highest BCUT2D eigenvalue weighted by atomic mass is 35.5. The maximum Gasteiger partial charge on any atom is 0.573 e. The Balaban J connectivity index is 1.95. The summed E-state index contributed by atoms with van der Waals surface area (Å²) in [6, 6.07) is 6.49. The smallest absolute Gasteiger partial charge is 0.444 e. The highest BCUT2D eigenvalue weighted by Gasteiger charge is 2.37. The molecule has 10 nitrogen and oxygen atoms in total. The first kappa shape index (κ1) is 34.5. The fourth-order valence-corrected chi connectivity index (χ4v) is 5.88. The zero-order valence-corrected chi connectivity index (χ0v) is 26.3. The molecule has 2 aromatic carbocycles. The summed E-state index contributed by atoms with van der Waals surface area (Å²) < 4.78 is 76.4. The average molecular weight is 670 g/mol. The van der Waals surface area contributed by atoms with Gasteiger partial charge >= 0.3 is 12.5 Å². The number of hydrogen-bond donors (Lipinski definition) is 2. The molecule has 238 valence electrons. The van der Waals surface area contributed by atoms with Crippen molar-refractivity contribution in [1.82, 2.24) is 14.5 Å². The van der Waals surface area contributed by atoms with E-state index in [4.69, 9.17) is 33.7 Å². The van der Waals surface area contributed by atoms with Gasteiger partial charge in [0.1, 0.15) is 11.4 Å². The molecule has 0 bridgehead atoms. The summed E-state index contributed by atoms with van der Waals surface area (Å²) in [7, 11) is -4.23. The number of rotatable bonds is 9. The van der Waals surface area contributed by atoms with E-state index in [0.717, 1.165) is 6.07 Å². The van der Waals surface area contributed by atoms with Crippen LogP contribution in [0, 0.1) is 0 Å². The summed E-state index contributed by atoms with van der Waals surface area (Å²) in [4.78, 5) is 27.5. The zero-order valence-electron chi connectivity index (χ0n) is 23.9. The van der Waals surface area contributed by atoms with Gasteiger partial charge in [-0.2, -0.15) is 0 Å². The molecular weight excluding hydrogens is 636 g/mol. The third-order valence-corrected chi connectivity index (χ3v) is 8.70. The van der Waals surface area contributed by atoms with Crippen molar-refractivity contribution in [3.63, 3.8) is 0 Å². The summed E-state index contributed by atoms with van der Waals surface area (Å²) in [6.45, 7) is 6.46. The van der Waals surface area contributed by atoms with E-state index < -0.39 is 68.3 Å². The lowest BCUT2D eigenvalue weighted by atomic mass is 10.1. The summed E-state index contributed by atoms with van der Waals surface area (Å²) in [5.74, 6) is -2.48. The first-order valence-corrected chi connectivity index (χ1v) is 15.5. The predicted molar refractivity (Wildman–Crippen MR) is 156 cm³/mol. The minimum Gasteiger partial charge on any atom is -0.444 e. The number of hydrogen-bond acceptors (Lipinski definition) is 8. The van der Waals surface area contributed by atoms with Gasteiger partial charge in [0.2, 0.25) is 10.0 Å². The van der Waals surface area contributed by atoms with E-state index in [-0.39, 0.29) is 29.7 Å². The Morgan fingerprint density at radius 3 is 2.44 bits per heavy atom. The molecular formula is C27H33Cl2F3N4O6S. The Labute approximate surface area is 258 Å². The number of sulfonamides is 1. The van der Waals surface area contributed by atoms with Crippen molar-refractivity contribution in [1.29, 1.82) is 0 Å². The Morgan fingerprint density at radius 2 is 1.86 bits per heavy atom. The largest absolute Gasteiger partial charge is 0.573 e. The molecule has 1 aliphatic heterocycles. The second-order valence-corrected chi connectivity index (χ2v) is 13.9. The molecule has 3 N–H and O–H groups in total. The molecule has 1 atom stereocenters. The lowest BCUT2D eigenvalue weighted by Crippen LogP contribution is -2.40. The van der Waals surface area contributed by atoms with Gasteiger partial charge in [0.15, 0.2) is 0 Å². The number of amides is 2. The molecule has 2 aromatic rings. The normalized spacial score (nSPS) is 16.2. The van der Waals surface area contributed by atoms with Crippen molar-refractivity contribution in [2.45, 2.75) is 65.2 Å². The van der Waals surface area contributed by atoms with Crippen LogP contribution in [0.5, 0.6) is 5.75 Å². The van der Waals surface area contributed by atoms with E-state index in [1.807, 2.05) is 0 Å². The molecule has 2 amide bonds. The molecule has 0 aliphatic carbocycles. The van der Waals surface area contributed by atoms with Crippen molar-refractivity contribution < 1.29 is 40.7 Å². The number of benzene rings is 2. The van der Waals surface area contributed by atoms with Gasteiger partial charge in [0, 0.05) is 36.3 Å². The summed E-state index contributed by atoms with van der Waals surface area (Å²) in [5.41, 5.74) is 4.64. The lowest BCUT2D eigenvalue weighted by Gasteiger charge is -2.25. The fraction of sp³-hybridized carbons (Fsp3) is 0.481. The molecule has 1 fully saturated rings. The van der Waals surface area contributed by atoms with Crippen LogP contribution in [-0.4, -0.2) is 66.5 Å². The van der Waals surface area contributed by atoms with Gasteiger partial charge in [0.25, 0.3) is 5.91 Å². The average Bonchev–Trinajstić information content (AvgIpc) is 3.31. The summed E-state index contributed by atoms with van der Waals surface area (Å²) in [6.07, 6.45) is -5.32. The number of halogens is 5. The topological polar surface area (TPSA) is 131 Å². The molecule has 1 saturated heterocycles. The number of alkyl halides is 3. The quantitative estimate of drug-likeness (QED) is 0.332. The van der Waals surface area contributed by atoms with Crippen molar-refractivity contribution in [2.75, 3.05) is 24.6 Å². The van der Waals surface area contributed by atoms with Gasteiger partial charge < -0.3 is 20.5 Å². The van der Waals surface area contributed by atoms with E-state index in [9.17, 15) is 31.2 Å². The van der Waals surface area contributed by atoms with E-state index in [1.165, 1.54) is 19.1 Å². The number of carbonyl (C=O) groups excluding carboxylic acids is 2. The van der Waals surface area contributed by atoms with E-state index in [1.54, 1.807) is 37.8 Å². The maximum absolute atomic E-state index is 13.6. The molecule has 0 aromatic heterocycles. The van der Waals surface area contributed by atoms with Crippen molar-refractivity contribution in [3.8, 4) is 5.75 Å². The van der Waals surface area contributed by atoms with Gasteiger partial charge in [-0.15, -0.1) is 13.2 Å². The highest BCUT2D eigenvalue weighted by molar-refractivity contribution is 7.89. The number of nitrogens with zero attached hydrogens (tertiary/aromatic N) is 2. The van der Waals surface area contributed by atoms with Gasteiger partial charge in [-0.1, -0.05) is 35.3 Å². The number of alkyl carbamates (subject to hydrolysis) is 1. The van der Waals surface area contributed by atoms with Gasteiger partial charge in [-0.3, -0.25) is 9.69 Å². The monoisotopic (exact) mass is 668 g/mol. The molecule has 43 heavy (non-hydrogen) atoms. The van der Waals surface area contributed by atoms with Crippen LogP contribution < -0.4 is 15.8 Å². The molecule has 16 heteroatoms. The third kappa shape index (κ3) is 9.52. The van der Waals surface area contributed by atoms with E-state index >= 15 is 0 Å². The lowest BCUT2D eigenvalue weighted by molar-refractivity contribution is -0.275. The van der Waals surface area contributed by atoms with Crippen molar-refractivity contribution in [3.05, 3.63) is 57.1 Å². The van der Waals surface area contributed by atoms with Crippen LogP contribution in [0.15, 0.2) is 30.3 Å². The Morgan fingerprint density at radius 1 is 1.19 bits per heavy atom. The number of nitrogens with two attached hydrogens (primary N) is 1. The Kier molecular flexibility index (Phi) is 10.7. The number of nitrogen functional groups attached to an aromatic ring is 1. The number of carbonyl (C=O) groups is 2. The third-order valence-electron chi connectivity index (χ3n) is 6.34. The fourth-order valence-electron chi connectivity index (χ4n) is 4.40. The van der Waals surface area contributed by atoms with Crippen molar-refractivity contribution in [2.24, 2.45) is 0 Å². The van der Waals surface area contributed by atoms with Gasteiger partial charge in [-0.05, 0) is 57.9 Å². The van der Waals surface area contributed by atoms with E-state index in [2.05, 4.69) is 10.1 Å². The number of likely N-dealkylation sites (tertiary alicyclic amines) is 1. The number of anilines is 1. The molecule has 0 saturated carbocycles. The summed E-state index contributed by atoms with van der Waals surface area (Å²) in [5, 5.41) is 2.61. The van der Waals surface area contributed by atoms with Crippen LogP contribution >= 0.6 is 23.2 Å². The van der Waals surface area contributed by atoms with Crippen LogP contribution in [0.3, 0.4) is 0 Å². The van der Waals surface area contributed by atoms with E-state index in [0.29, 0.717) is 22.8 Å². The van der Waals surface area contributed by atoms with Crippen LogP contribution in [0.2, 0.25) is 10.0 Å². The first-order chi connectivity index (χ1) is 19.8. The molecule has 0 spiro atoms. The van der Waals surface area contributed by atoms with Crippen LogP contribution in [0.25, 0.3) is 0 Å². The molecule has 1 aliphatic rings. The zero-order chi connectivity index (χ0) is 32.3. The molecule has 3 rings (SSSR count). The van der Waals surface area contributed by atoms with Crippen LogP contribution in [0.1, 0.15) is 55.6 Å². The number of ether oxygens (including phenoxy) is 2. The van der Waals surface area contributed by atoms with Crippen LogP contribution in [-0.2, 0) is 27.8 Å². The molecule has 1 heterocycles. The Hall–Kier alpha value is -2.94. The second-order valence-electron chi connectivity index (χ2n) is 10.9. The minimum atomic E-state index is -5.17.